The van der Waals surface area contributed by atoms with E-state index in [2.05, 4.69) is 5.32 Å². The number of carbonyl (C=O) groups is 1. The third-order valence-corrected chi connectivity index (χ3v) is 7.19. The Bertz CT molecular complexity index is 1520. The predicted octanol–water partition coefficient (Wildman–Crippen LogP) is 4.80. The molecule has 1 N–H and O–H groups in total. The van der Waals surface area contributed by atoms with Crippen LogP contribution < -0.4 is 10.9 Å². The van der Waals surface area contributed by atoms with Gasteiger partial charge in [0.2, 0.25) is 9.84 Å². The number of aryl methyl sites for hydroxylation is 2. The second kappa shape index (κ2) is 8.09. The van der Waals surface area contributed by atoms with Gasteiger partial charge < -0.3 is 9.73 Å². The molecule has 32 heavy (non-hydrogen) atoms. The van der Waals surface area contributed by atoms with Crippen LogP contribution in [0.25, 0.3) is 11.0 Å². The van der Waals surface area contributed by atoms with Gasteiger partial charge >= 0.3 is 5.63 Å². The number of fused-ring (bicyclic) bond motifs is 1. The van der Waals surface area contributed by atoms with Crippen LogP contribution in [0.1, 0.15) is 27.0 Å². The van der Waals surface area contributed by atoms with Crippen LogP contribution in [0.4, 0.5) is 5.69 Å². The van der Waals surface area contributed by atoms with E-state index < -0.39 is 20.4 Å². The molecule has 162 valence electrons. The zero-order chi connectivity index (χ0) is 23.0. The van der Waals surface area contributed by atoms with E-state index in [1.54, 1.807) is 12.1 Å². The van der Waals surface area contributed by atoms with Gasteiger partial charge in [-0.1, -0.05) is 29.8 Å². The maximum Gasteiger partial charge on any atom is 0.355 e. The van der Waals surface area contributed by atoms with Crippen molar-refractivity contribution in [3.63, 3.8) is 0 Å². The van der Waals surface area contributed by atoms with Gasteiger partial charge in [0.1, 0.15) is 5.58 Å². The van der Waals surface area contributed by atoms with Crippen molar-refractivity contribution in [3.05, 3.63) is 99.4 Å². The minimum atomic E-state index is -4.08. The number of sulfone groups is 1. The van der Waals surface area contributed by atoms with Gasteiger partial charge in [-0.3, -0.25) is 4.79 Å². The van der Waals surface area contributed by atoms with E-state index in [4.69, 9.17) is 4.42 Å². The fourth-order valence-electron chi connectivity index (χ4n) is 3.36. The Morgan fingerprint density at radius 2 is 1.62 bits per heavy atom. The standard InChI is InChI=1S/C25H21NO5S/c1-15-7-10-20(11-8-15)32(29,30)23-14-19-13-18(9-12-22(19)31-25(23)28)24(27)26-21-6-4-5-16(2)17(21)3/h4-14H,1-3H3,(H,26,27). The van der Waals surface area contributed by atoms with Crippen molar-refractivity contribution < 1.29 is 17.6 Å². The lowest BCUT2D eigenvalue weighted by Crippen LogP contribution is -2.15. The van der Waals surface area contributed by atoms with E-state index in [1.807, 2.05) is 39.0 Å². The third-order valence-electron chi connectivity index (χ3n) is 5.44. The Hall–Kier alpha value is -3.71. The monoisotopic (exact) mass is 447 g/mol. The molecule has 0 atom stereocenters. The summed E-state index contributed by atoms with van der Waals surface area (Å²) in [5, 5.41) is 3.21. The first kappa shape index (κ1) is 21.5. The fraction of sp³-hybridized carbons (Fsp3) is 0.120. The third kappa shape index (κ3) is 3.94. The summed E-state index contributed by atoms with van der Waals surface area (Å²) in [7, 11) is -4.08. The van der Waals surface area contributed by atoms with Crippen LogP contribution in [0.5, 0.6) is 0 Å². The average Bonchev–Trinajstić information content (AvgIpc) is 2.76. The van der Waals surface area contributed by atoms with Gasteiger partial charge in [0.05, 0.1) is 4.90 Å². The Kier molecular flexibility index (Phi) is 5.44. The topological polar surface area (TPSA) is 93.4 Å². The van der Waals surface area contributed by atoms with E-state index in [9.17, 15) is 18.0 Å². The minimum absolute atomic E-state index is 0.00132. The Balaban J connectivity index is 1.75. The van der Waals surface area contributed by atoms with E-state index >= 15 is 0 Å². The number of hydrogen-bond acceptors (Lipinski definition) is 5. The molecule has 1 aromatic heterocycles. The molecule has 0 bridgehead atoms. The Morgan fingerprint density at radius 3 is 2.34 bits per heavy atom. The van der Waals surface area contributed by atoms with Crippen molar-refractivity contribution in [2.45, 2.75) is 30.6 Å². The molecule has 0 saturated heterocycles. The van der Waals surface area contributed by atoms with Gasteiger partial charge in [-0.05, 0) is 74.4 Å². The van der Waals surface area contributed by atoms with E-state index in [0.29, 0.717) is 16.6 Å². The summed E-state index contributed by atoms with van der Waals surface area (Å²) in [5.74, 6) is -0.352. The maximum atomic E-state index is 13.0. The van der Waals surface area contributed by atoms with Crippen LogP contribution in [0.2, 0.25) is 0 Å². The first-order valence-electron chi connectivity index (χ1n) is 9.94. The van der Waals surface area contributed by atoms with Gasteiger partial charge in [0.15, 0.2) is 4.90 Å². The highest BCUT2D eigenvalue weighted by Gasteiger charge is 2.23. The van der Waals surface area contributed by atoms with Crippen molar-refractivity contribution in [1.29, 1.82) is 0 Å². The van der Waals surface area contributed by atoms with Crippen molar-refractivity contribution in [2.24, 2.45) is 0 Å². The normalized spacial score (nSPS) is 11.5. The first-order chi connectivity index (χ1) is 15.2. The van der Waals surface area contributed by atoms with Crippen LogP contribution in [0, 0.1) is 20.8 Å². The summed E-state index contributed by atoms with van der Waals surface area (Å²) >= 11 is 0. The van der Waals surface area contributed by atoms with Gasteiger partial charge in [-0.25, -0.2) is 13.2 Å². The fourth-order valence-corrected chi connectivity index (χ4v) is 4.65. The summed E-state index contributed by atoms with van der Waals surface area (Å²) in [4.78, 5) is 24.8. The molecule has 0 radical (unpaired) electrons. The lowest BCUT2D eigenvalue weighted by atomic mass is 10.1. The van der Waals surface area contributed by atoms with Gasteiger partial charge in [-0.15, -0.1) is 0 Å². The largest absolute Gasteiger partial charge is 0.422 e. The molecular formula is C25H21NO5S. The van der Waals surface area contributed by atoms with Crippen molar-refractivity contribution >= 4 is 32.4 Å². The minimum Gasteiger partial charge on any atom is -0.422 e. The van der Waals surface area contributed by atoms with E-state index in [1.165, 1.54) is 36.4 Å². The molecule has 7 heteroatoms. The number of hydrogen-bond donors (Lipinski definition) is 1. The summed E-state index contributed by atoms with van der Waals surface area (Å²) in [6.45, 7) is 5.72. The number of anilines is 1. The molecule has 0 spiro atoms. The first-order valence-corrected chi connectivity index (χ1v) is 11.4. The van der Waals surface area contributed by atoms with Crippen molar-refractivity contribution in [1.82, 2.24) is 0 Å². The number of benzene rings is 3. The highest BCUT2D eigenvalue weighted by atomic mass is 32.2. The van der Waals surface area contributed by atoms with E-state index in [0.717, 1.165) is 16.7 Å². The van der Waals surface area contributed by atoms with Crippen LogP contribution in [0.3, 0.4) is 0 Å². The summed E-state index contributed by atoms with van der Waals surface area (Å²) < 4.78 is 31.2. The molecule has 0 unspecified atom stereocenters. The Labute approximate surface area is 185 Å². The van der Waals surface area contributed by atoms with Gasteiger partial charge in [-0.2, -0.15) is 0 Å². The zero-order valence-electron chi connectivity index (χ0n) is 17.8. The highest BCUT2D eigenvalue weighted by Crippen LogP contribution is 2.24. The number of nitrogens with one attached hydrogen (secondary N) is 1. The molecular weight excluding hydrogens is 426 g/mol. The molecule has 3 aromatic carbocycles. The molecule has 1 amide bonds. The highest BCUT2D eigenvalue weighted by molar-refractivity contribution is 7.91. The molecule has 0 aliphatic heterocycles. The number of amides is 1. The molecule has 0 saturated carbocycles. The molecule has 4 rings (SSSR count). The Morgan fingerprint density at radius 1 is 0.906 bits per heavy atom. The summed E-state index contributed by atoms with van der Waals surface area (Å²) in [6.07, 6.45) is 0. The molecule has 0 aliphatic carbocycles. The van der Waals surface area contributed by atoms with Crippen LogP contribution >= 0.6 is 0 Å². The van der Waals surface area contributed by atoms with Crippen molar-refractivity contribution in [3.8, 4) is 0 Å². The quantitative estimate of drug-likeness (QED) is 0.454. The molecule has 0 fully saturated rings. The average molecular weight is 448 g/mol. The zero-order valence-corrected chi connectivity index (χ0v) is 18.6. The maximum absolute atomic E-state index is 13.0. The second-order valence-corrected chi connectivity index (χ2v) is 9.59. The van der Waals surface area contributed by atoms with E-state index in [-0.39, 0.29) is 16.4 Å². The van der Waals surface area contributed by atoms with Crippen LogP contribution in [-0.2, 0) is 9.84 Å². The van der Waals surface area contributed by atoms with Crippen LogP contribution in [-0.4, -0.2) is 14.3 Å². The smallest absolute Gasteiger partial charge is 0.355 e. The summed E-state index contributed by atoms with van der Waals surface area (Å²) in [5.41, 5.74) is 3.15. The SMILES string of the molecule is Cc1ccc(S(=O)(=O)c2cc3cc(C(=O)Nc4cccc(C)c4C)ccc3oc2=O)cc1. The van der Waals surface area contributed by atoms with Crippen LogP contribution in [0.15, 0.2) is 85.7 Å². The molecule has 6 nitrogen and oxygen atoms in total. The van der Waals surface area contributed by atoms with Gasteiger partial charge in [0.25, 0.3) is 5.91 Å². The second-order valence-electron chi connectivity index (χ2n) is 7.67. The molecule has 4 aromatic rings. The molecule has 1 heterocycles. The van der Waals surface area contributed by atoms with Crippen molar-refractivity contribution in [2.75, 3.05) is 5.32 Å². The lowest BCUT2D eigenvalue weighted by Gasteiger charge is -2.11. The lowest BCUT2D eigenvalue weighted by molar-refractivity contribution is 0.102. The summed E-state index contributed by atoms with van der Waals surface area (Å²) in [6, 6.07) is 17.6. The number of rotatable bonds is 4. The molecule has 0 aliphatic rings. The van der Waals surface area contributed by atoms with Gasteiger partial charge in [0, 0.05) is 16.6 Å². The predicted molar refractivity (Wildman–Crippen MR) is 123 cm³/mol. The number of carbonyl (C=O) groups excluding carboxylic acids is 1.